The minimum absolute atomic E-state index is 0.0478. The summed E-state index contributed by atoms with van der Waals surface area (Å²) >= 11 is 0. The zero-order valence-electron chi connectivity index (χ0n) is 9.78. The van der Waals surface area contributed by atoms with Crippen molar-refractivity contribution in [3.8, 4) is 5.75 Å². The third kappa shape index (κ3) is 3.11. The topological polar surface area (TPSA) is 83.5 Å². The van der Waals surface area contributed by atoms with Crippen molar-refractivity contribution >= 4 is 15.9 Å². The van der Waals surface area contributed by atoms with Gasteiger partial charge in [-0.25, -0.2) is 13.1 Å². The van der Waals surface area contributed by atoms with Gasteiger partial charge in [0.25, 0.3) is 15.9 Å². The van der Waals surface area contributed by atoms with Crippen molar-refractivity contribution in [1.82, 2.24) is 4.72 Å². The van der Waals surface area contributed by atoms with E-state index in [9.17, 15) is 13.2 Å². The van der Waals surface area contributed by atoms with Crippen molar-refractivity contribution in [2.75, 3.05) is 0 Å². The number of sulfonamides is 1. The second-order valence-corrected chi connectivity index (χ2v) is 5.48. The van der Waals surface area contributed by atoms with Gasteiger partial charge >= 0.3 is 0 Å². The van der Waals surface area contributed by atoms with Gasteiger partial charge in [-0.1, -0.05) is 18.2 Å². The molecule has 0 heterocycles. The highest BCUT2D eigenvalue weighted by atomic mass is 32.2. The summed E-state index contributed by atoms with van der Waals surface area (Å²) in [4.78, 5) is 11.7. The van der Waals surface area contributed by atoms with Gasteiger partial charge in [-0.2, -0.15) is 0 Å². The van der Waals surface area contributed by atoms with E-state index in [-0.39, 0.29) is 16.2 Å². The van der Waals surface area contributed by atoms with Crippen molar-refractivity contribution < 1.29 is 18.3 Å². The second kappa shape index (κ2) is 5.11. The molecule has 0 saturated carbocycles. The number of carbonyl (C=O) groups excluding carboxylic acids is 1. The Labute approximate surface area is 110 Å². The highest BCUT2D eigenvalue weighted by Gasteiger charge is 2.18. The van der Waals surface area contributed by atoms with Crippen molar-refractivity contribution in [3.63, 3.8) is 0 Å². The van der Waals surface area contributed by atoms with Crippen LogP contribution in [0.1, 0.15) is 10.4 Å². The molecule has 98 valence electrons. The average Bonchev–Trinajstić information content (AvgIpc) is 2.40. The third-order valence-electron chi connectivity index (χ3n) is 2.41. The lowest BCUT2D eigenvalue weighted by atomic mass is 10.2. The Morgan fingerprint density at radius 2 is 1.53 bits per heavy atom. The maximum absolute atomic E-state index is 11.9. The van der Waals surface area contributed by atoms with Crippen molar-refractivity contribution in [3.05, 3.63) is 60.2 Å². The van der Waals surface area contributed by atoms with Gasteiger partial charge in [-0.15, -0.1) is 0 Å². The largest absolute Gasteiger partial charge is 0.508 e. The number of aromatic hydroxyl groups is 1. The average molecular weight is 277 g/mol. The highest BCUT2D eigenvalue weighted by molar-refractivity contribution is 7.90. The summed E-state index contributed by atoms with van der Waals surface area (Å²) in [7, 11) is -3.94. The Balaban J connectivity index is 2.23. The number of amides is 1. The number of phenolic OH excluding ortho intramolecular Hbond substituents is 1. The molecule has 0 fully saturated rings. The van der Waals surface area contributed by atoms with Crippen LogP contribution in [0.25, 0.3) is 0 Å². The molecule has 0 aliphatic heterocycles. The van der Waals surface area contributed by atoms with E-state index in [1.807, 2.05) is 4.72 Å². The van der Waals surface area contributed by atoms with Crippen LogP contribution in [-0.4, -0.2) is 19.4 Å². The molecule has 1 amide bonds. The number of benzene rings is 2. The smallest absolute Gasteiger partial charge is 0.264 e. The van der Waals surface area contributed by atoms with Gasteiger partial charge in [-0.05, 0) is 36.4 Å². The van der Waals surface area contributed by atoms with Crippen LogP contribution >= 0.6 is 0 Å². The van der Waals surface area contributed by atoms with Crippen LogP contribution in [0, 0.1) is 0 Å². The van der Waals surface area contributed by atoms with Gasteiger partial charge in [0, 0.05) is 5.56 Å². The number of rotatable bonds is 3. The Morgan fingerprint density at radius 1 is 0.947 bits per heavy atom. The molecule has 19 heavy (non-hydrogen) atoms. The zero-order chi connectivity index (χ0) is 13.9. The van der Waals surface area contributed by atoms with E-state index in [1.54, 1.807) is 18.2 Å². The summed E-state index contributed by atoms with van der Waals surface area (Å²) in [5, 5.41) is 9.10. The Kier molecular flexibility index (Phi) is 3.52. The molecule has 0 aromatic heterocycles. The summed E-state index contributed by atoms with van der Waals surface area (Å²) in [6.45, 7) is 0. The Hall–Kier alpha value is -2.34. The third-order valence-corrected chi connectivity index (χ3v) is 3.76. The van der Waals surface area contributed by atoms with E-state index < -0.39 is 15.9 Å². The molecule has 2 rings (SSSR count). The molecule has 2 N–H and O–H groups in total. The fourth-order valence-corrected chi connectivity index (χ4v) is 2.43. The van der Waals surface area contributed by atoms with E-state index >= 15 is 0 Å². The quantitative estimate of drug-likeness (QED) is 0.890. The zero-order valence-corrected chi connectivity index (χ0v) is 10.6. The van der Waals surface area contributed by atoms with Gasteiger partial charge in [0.2, 0.25) is 0 Å². The minimum Gasteiger partial charge on any atom is -0.508 e. The fraction of sp³-hybridized carbons (Fsp3) is 0. The molecule has 0 atom stereocenters. The lowest BCUT2D eigenvalue weighted by Crippen LogP contribution is -2.30. The van der Waals surface area contributed by atoms with Crippen LogP contribution in [0.5, 0.6) is 5.75 Å². The van der Waals surface area contributed by atoms with Gasteiger partial charge in [0.05, 0.1) is 4.90 Å². The van der Waals surface area contributed by atoms with Gasteiger partial charge in [-0.3, -0.25) is 4.79 Å². The van der Waals surface area contributed by atoms with Crippen LogP contribution in [0.4, 0.5) is 0 Å². The molecule has 5 nitrogen and oxygen atoms in total. The van der Waals surface area contributed by atoms with E-state index in [2.05, 4.69) is 0 Å². The number of nitrogens with one attached hydrogen (secondary N) is 1. The second-order valence-electron chi connectivity index (χ2n) is 3.79. The van der Waals surface area contributed by atoms with Crippen LogP contribution in [0.3, 0.4) is 0 Å². The summed E-state index contributed by atoms with van der Waals surface area (Å²) in [6.07, 6.45) is 0. The Bertz CT molecular complexity index is 678. The monoisotopic (exact) mass is 277 g/mol. The van der Waals surface area contributed by atoms with Crippen LogP contribution in [0.2, 0.25) is 0 Å². The minimum atomic E-state index is -3.94. The molecular formula is C13H11NO4S. The summed E-state index contributed by atoms with van der Waals surface area (Å²) < 4.78 is 25.8. The molecule has 2 aromatic carbocycles. The van der Waals surface area contributed by atoms with Crippen LogP contribution in [0.15, 0.2) is 59.5 Å². The molecule has 0 spiro atoms. The van der Waals surface area contributed by atoms with Crippen molar-refractivity contribution in [1.29, 1.82) is 0 Å². The first-order valence-electron chi connectivity index (χ1n) is 5.40. The normalized spacial score (nSPS) is 10.9. The fourth-order valence-electron chi connectivity index (χ4n) is 1.45. The molecule has 0 aliphatic carbocycles. The lowest BCUT2D eigenvalue weighted by Gasteiger charge is -2.06. The maximum atomic E-state index is 11.9. The maximum Gasteiger partial charge on any atom is 0.264 e. The summed E-state index contributed by atoms with van der Waals surface area (Å²) in [5.41, 5.74) is 0.254. The van der Waals surface area contributed by atoms with Crippen LogP contribution in [-0.2, 0) is 10.0 Å². The van der Waals surface area contributed by atoms with Gasteiger partial charge in [0.15, 0.2) is 0 Å². The van der Waals surface area contributed by atoms with E-state index in [0.29, 0.717) is 0 Å². The van der Waals surface area contributed by atoms with Crippen LogP contribution < -0.4 is 4.72 Å². The highest BCUT2D eigenvalue weighted by Crippen LogP contribution is 2.14. The van der Waals surface area contributed by atoms with E-state index in [4.69, 9.17) is 5.11 Å². The van der Waals surface area contributed by atoms with Crippen molar-refractivity contribution in [2.24, 2.45) is 0 Å². The summed E-state index contributed by atoms with van der Waals surface area (Å²) in [6, 6.07) is 13.0. The predicted octanol–water partition coefficient (Wildman–Crippen LogP) is 1.51. The number of carbonyl (C=O) groups is 1. The molecule has 2 aromatic rings. The predicted molar refractivity (Wildman–Crippen MR) is 69.2 cm³/mol. The van der Waals surface area contributed by atoms with E-state index in [0.717, 1.165) is 0 Å². The van der Waals surface area contributed by atoms with Gasteiger partial charge < -0.3 is 5.11 Å². The molecule has 0 aliphatic rings. The Morgan fingerprint density at radius 3 is 2.11 bits per heavy atom. The van der Waals surface area contributed by atoms with Crippen molar-refractivity contribution in [2.45, 2.75) is 4.90 Å². The number of phenols is 1. The molecule has 0 radical (unpaired) electrons. The molecule has 0 unspecified atom stereocenters. The summed E-state index contributed by atoms with van der Waals surface area (Å²) in [5.74, 6) is -0.748. The molecule has 6 heteroatoms. The molecule has 0 saturated heterocycles. The molecular weight excluding hydrogens is 266 g/mol. The van der Waals surface area contributed by atoms with E-state index in [1.165, 1.54) is 36.4 Å². The lowest BCUT2D eigenvalue weighted by molar-refractivity contribution is 0.0981. The standard InChI is InChI=1S/C13H11NO4S/c15-11-6-8-12(9-7-11)19(17,18)14-13(16)10-4-2-1-3-5-10/h1-9,15H,(H,14,16). The number of hydrogen-bond donors (Lipinski definition) is 2. The first-order chi connectivity index (χ1) is 8.99. The van der Waals surface area contributed by atoms with Gasteiger partial charge in [0.1, 0.15) is 5.75 Å². The SMILES string of the molecule is O=C(NS(=O)(=O)c1ccc(O)cc1)c1ccccc1. The first kappa shape index (κ1) is 13.1. The first-order valence-corrected chi connectivity index (χ1v) is 6.88. The number of hydrogen-bond acceptors (Lipinski definition) is 4. The molecule has 0 bridgehead atoms.